The number of carbonyl (C=O) groups is 1. The average Bonchev–Trinajstić information content (AvgIpc) is 2.55. The second kappa shape index (κ2) is 6.60. The molecule has 0 saturated carbocycles. The van der Waals surface area contributed by atoms with Gasteiger partial charge in [0.1, 0.15) is 17.8 Å². The Balaban J connectivity index is 1.58. The number of amides is 1. The first-order valence-corrected chi connectivity index (χ1v) is 7.65. The lowest BCUT2D eigenvalue weighted by molar-refractivity contribution is 0.0712. The van der Waals surface area contributed by atoms with Crippen LogP contribution in [0.2, 0.25) is 0 Å². The van der Waals surface area contributed by atoms with Crippen LogP contribution in [0.15, 0.2) is 35.4 Å². The minimum Gasteiger partial charge on any atom is -0.367 e. The molecule has 1 saturated heterocycles. The summed E-state index contributed by atoms with van der Waals surface area (Å²) in [6, 6.07) is 6.82. The van der Waals surface area contributed by atoms with Crippen molar-refractivity contribution in [3.05, 3.63) is 52.3 Å². The van der Waals surface area contributed by atoms with E-state index in [0.717, 1.165) is 24.4 Å². The van der Waals surface area contributed by atoms with E-state index < -0.39 is 0 Å². The summed E-state index contributed by atoms with van der Waals surface area (Å²) >= 11 is 0. The third kappa shape index (κ3) is 3.74. The second-order valence-electron chi connectivity index (χ2n) is 5.68. The first-order valence-electron chi connectivity index (χ1n) is 7.65. The standard InChI is InChI=1S/C16H19N5O2/c1-11-9-14(18-10-17-11)19-12-5-7-21(8-6-12)16(23)13-3-2-4-15(22)20-13/h2-4,9-10,12H,5-8H2,1H3,(H,20,22)(H,17,18,19). The van der Waals surface area contributed by atoms with E-state index in [-0.39, 0.29) is 17.5 Å². The topological polar surface area (TPSA) is 91.0 Å². The van der Waals surface area contributed by atoms with Crippen molar-refractivity contribution in [2.45, 2.75) is 25.8 Å². The minimum absolute atomic E-state index is 0.126. The van der Waals surface area contributed by atoms with Crippen LogP contribution in [-0.2, 0) is 0 Å². The van der Waals surface area contributed by atoms with E-state index in [1.165, 1.54) is 6.07 Å². The molecule has 23 heavy (non-hydrogen) atoms. The van der Waals surface area contributed by atoms with Crippen molar-refractivity contribution >= 4 is 11.7 Å². The minimum atomic E-state index is -0.258. The van der Waals surface area contributed by atoms with Crippen molar-refractivity contribution in [1.82, 2.24) is 19.9 Å². The van der Waals surface area contributed by atoms with E-state index in [4.69, 9.17) is 0 Å². The fraction of sp³-hybridized carbons (Fsp3) is 0.375. The number of aromatic amines is 1. The number of aromatic nitrogens is 3. The van der Waals surface area contributed by atoms with Crippen LogP contribution in [0, 0.1) is 6.92 Å². The third-order valence-electron chi connectivity index (χ3n) is 3.94. The molecule has 2 aromatic rings. The van der Waals surface area contributed by atoms with Gasteiger partial charge in [-0.05, 0) is 25.8 Å². The number of hydrogen-bond donors (Lipinski definition) is 2. The van der Waals surface area contributed by atoms with Gasteiger partial charge in [0.05, 0.1) is 0 Å². The number of likely N-dealkylation sites (tertiary alicyclic amines) is 1. The molecule has 0 radical (unpaired) electrons. The fourth-order valence-electron chi connectivity index (χ4n) is 2.71. The maximum absolute atomic E-state index is 12.4. The van der Waals surface area contributed by atoms with Crippen molar-refractivity contribution < 1.29 is 4.79 Å². The lowest BCUT2D eigenvalue weighted by Crippen LogP contribution is -2.43. The van der Waals surface area contributed by atoms with E-state index in [2.05, 4.69) is 20.3 Å². The van der Waals surface area contributed by atoms with Crippen LogP contribution in [0.4, 0.5) is 5.82 Å². The average molecular weight is 313 g/mol. The van der Waals surface area contributed by atoms with E-state index in [1.807, 2.05) is 13.0 Å². The van der Waals surface area contributed by atoms with Crippen LogP contribution in [-0.4, -0.2) is 44.9 Å². The van der Waals surface area contributed by atoms with Crippen LogP contribution in [0.3, 0.4) is 0 Å². The van der Waals surface area contributed by atoms with Gasteiger partial charge in [-0.15, -0.1) is 0 Å². The predicted octanol–water partition coefficient (Wildman–Crippen LogP) is 1.19. The van der Waals surface area contributed by atoms with Gasteiger partial charge in [-0.25, -0.2) is 9.97 Å². The van der Waals surface area contributed by atoms with Crippen molar-refractivity contribution in [3.63, 3.8) is 0 Å². The summed E-state index contributed by atoms with van der Waals surface area (Å²) in [6.07, 6.45) is 3.22. The van der Waals surface area contributed by atoms with E-state index >= 15 is 0 Å². The Kier molecular flexibility index (Phi) is 4.36. The molecule has 1 amide bonds. The maximum atomic E-state index is 12.4. The Hall–Kier alpha value is -2.70. The molecule has 1 aliphatic heterocycles. The Labute approximate surface area is 133 Å². The number of rotatable bonds is 3. The zero-order chi connectivity index (χ0) is 16.2. The summed E-state index contributed by atoms with van der Waals surface area (Å²) in [5.74, 6) is 0.689. The van der Waals surface area contributed by atoms with Gasteiger partial charge in [0.2, 0.25) is 5.56 Å². The predicted molar refractivity (Wildman–Crippen MR) is 86.4 cm³/mol. The van der Waals surface area contributed by atoms with Gasteiger partial charge >= 0.3 is 0 Å². The van der Waals surface area contributed by atoms with Gasteiger partial charge in [0.25, 0.3) is 5.91 Å². The molecule has 0 unspecified atom stereocenters. The molecule has 0 aliphatic carbocycles. The van der Waals surface area contributed by atoms with Gasteiger partial charge in [-0.2, -0.15) is 0 Å². The van der Waals surface area contributed by atoms with Crippen LogP contribution >= 0.6 is 0 Å². The van der Waals surface area contributed by atoms with E-state index in [1.54, 1.807) is 23.4 Å². The summed E-state index contributed by atoms with van der Waals surface area (Å²) in [5.41, 5.74) is 1.00. The highest BCUT2D eigenvalue weighted by Crippen LogP contribution is 2.16. The number of nitrogens with zero attached hydrogens (tertiary/aromatic N) is 3. The highest BCUT2D eigenvalue weighted by molar-refractivity contribution is 5.92. The number of pyridine rings is 1. The summed E-state index contributed by atoms with van der Waals surface area (Å²) in [5, 5.41) is 3.38. The molecular weight excluding hydrogens is 294 g/mol. The zero-order valence-electron chi connectivity index (χ0n) is 13.0. The largest absolute Gasteiger partial charge is 0.367 e. The molecular formula is C16H19N5O2. The van der Waals surface area contributed by atoms with E-state index in [9.17, 15) is 9.59 Å². The number of piperidine rings is 1. The van der Waals surface area contributed by atoms with Crippen LogP contribution in [0.25, 0.3) is 0 Å². The van der Waals surface area contributed by atoms with Crippen LogP contribution in [0.5, 0.6) is 0 Å². The lowest BCUT2D eigenvalue weighted by Gasteiger charge is -2.32. The van der Waals surface area contributed by atoms with Gasteiger partial charge in [0.15, 0.2) is 0 Å². The highest BCUT2D eigenvalue weighted by Gasteiger charge is 2.24. The molecule has 2 N–H and O–H groups in total. The molecule has 1 aliphatic rings. The Morgan fingerprint density at radius 1 is 1.30 bits per heavy atom. The summed E-state index contributed by atoms with van der Waals surface area (Å²) in [6.45, 7) is 3.23. The molecule has 0 aromatic carbocycles. The van der Waals surface area contributed by atoms with Crippen molar-refractivity contribution in [3.8, 4) is 0 Å². The smallest absolute Gasteiger partial charge is 0.270 e. The Morgan fingerprint density at radius 2 is 2.09 bits per heavy atom. The molecule has 3 rings (SSSR count). The molecule has 120 valence electrons. The SMILES string of the molecule is Cc1cc(NC2CCN(C(=O)c3cccc(=O)[nH]3)CC2)ncn1. The summed E-state index contributed by atoms with van der Waals surface area (Å²) < 4.78 is 0. The van der Waals surface area contributed by atoms with Crippen molar-refractivity contribution in [2.75, 3.05) is 18.4 Å². The molecule has 7 nitrogen and oxygen atoms in total. The van der Waals surface area contributed by atoms with Gasteiger partial charge in [-0.3, -0.25) is 9.59 Å². The number of H-pyrrole nitrogens is 1. The molecule has 0 atom stereocenters. The third-order valence-corrected chi connectivity index (χ3v) is 3.94. The molecule has 1 fully saturated rings. The normalized spacial score (nSPS) is 15.4. The molecule has 2 aromatic heterocycles. The van der Waals surface area contributed by atoms with Crippen LogP contribution < -0.4 is 10.9 Å². The maximum Gasteiger partial charge on any atom is 0.270 e. The zero-order valence-corrected chi connectivity index (χ0v) is 13.0. The number of aryl methyl sites for hydroxylation is 1. The number of hydrogen-bond acceptors (Lipinski definition) is 5. The van der Waals surface area contributed by atoms with Crippen LogP contribution in [0.1, 0.15) is 29.0 Å². The Bertz CT molecular complexity index is 750. The lowest BCUT2D eigenvalue weighted by atomic mass is 10.0. The quantitative estimate of drug-likeness (QED) is 0.888. The van der Waals surface area contributed by atoms with Gasteiger partial charge in [0, 0.05) is 37.0 Å². The molecule has 7 heteroatoms. The van der Waals surface area contributed by atoms with Crippen molar-refractivity contribution in [1.29, 1.82) is 0 Å². The van der Waals surface area contributed by atoms with E-state index in [0.29, 0.717) is 18.8 Å². The Morgan fingerprint density at radius 3 is 2.78 bits per heavy atom. The van der Waals surface area contributed by atoms with Gasteiger partial charge in [-0.1, -0.05) is 6.07 Å². The number of nitrogens with one attached hydrogen (secondary N) is 2. The summed E-state index contributed by atoms with van der Waals surface area (Å²) in [4.78, 5) is 36.3. The fourth-order valence-corrected chi connectivity index (χ4v) is 2.71. The van der Waals surface area contributed by atoms with Crippen molar-refractivity contribution in [2.24, 2.45) is 0 Å². The monoisotopic (exact) mass is 313 g/mol. The molecule has 0 bridgehead atoms. The first-order chi connectivity index (χ1) is 11.1. The highest BCUT2D eigenvalue weighted by atomic mass is 16.2. The summed E-state index contributed by atoms with van der Waals surface area (Å²) in [7, 11) is 0. The first kappa shape index (κ1) is 15.2. The molecule has 0 spiro atoms. The second-order valence-corrected chi connectivity index (χ2v) is 5.68. The molecule has 3 heterocycles. The number of anilines is 1. The number of carbonyl (C=O) groups excluding carboxylic acids is 1. The van der Waals surface area contributed by atoms with Gasteiger partial charge < -0.3 is 15.2 Å².